The largest absolute Gasteiger partial charge is 0.365 e. The molecule has 1 aromatic heterocycles. The van der Waals surface area contributed by atoms with Gasteiger partial charge in [-0.15, -0.1) is 0 Å². The van der Waals surface area contributed by atoms with E-state index in [1.54, 1.807) is 24.2 Å². The fourth-order valence-corrected chi connectivity index (χ4v) is 3.43. The van der Waals surface area contributed by atoms with Crippen LogP contribution in [0.3, 0.4) is 0 Å². The summed E-state index contributed by atoms with van der Waals surface area (Å²) in [5, 5.41) is 3.57. The van der Waals surface area contributed by atoms with Crippen molar-refractivity contribution in [1.29, 1.82) is 0 Å². The Morgan fingerprint density at radius 3 is 2.91 bits per heavy atom. The predicted molar refractivity (Wildman–Crippen MR) is 81.0 cm³/mol. The van der Waals surface area contributed by atoms with Gasteiger partial charge < -0.3 is 10.2 Å². The number of hydrogen-bond donors (Lipinski definition) is 1. The zero-order chi connectivity index (χ0) is 15.7. The third-order valence-corrected chi connectivity index (χ3v) is 4.78. The second kappa shape index (κ2) is 6.00. The molecule has 0 aliphatic carbocycles. The van der Waals surface area contributed by atoms with Crippen molar-refractivity contribution in [2.24, 2.45) is 0 Å². The molecule has 1 aromatic carbocycles. The lowest BCUT2D eigenvalue weighted by Crippen LogP contribution is -2.30. The van der Waals surface area contributed by atoms with E-state index >= 15 is 0 Å². The molecule has 0 saturated carbocycles. The van der Waals surface area contributed by atoms with Crippen molar-refractivity contribution in [2.45, 2.75) is 18.9 Å². The summed E-state index contributed by atoms with van der Waals surface area (Å²) in [7, 11) is 1.74. The summed E-state index contributed by atoms with van der Waals surface area (Å²) < 4.78 is 26.5. The quantitative estimate of drug-likeness (QED) is 0.941. The molecule has 7 heteroatoms. The van der Waals surface area contributed by atoms with Gasteiger partial charge in [-0.05, 0) is 30.5 Å². The van der Waals surface area contributed by atoms with Crippen molar-refractivity contribution in [2.75, 3.05) is 18.9 Å². The molecule has 1 fully saturated rings. The molecular weight excluding hydrogens is 308 g/mol. The number of rotatable bonds is 3. The van der Waals surface area contributed by atoms with E-state index in [1.807, 2.05) is 0 Å². The molecule has 4 nitrogen and oxygen atoms in total. The Balaban J connectivity index is 1.86. The molecule has 1 aliphatic rings. The Morgan fingerprint density at radius 1 is 1.41 bits per heavy atom. The van der Waals surface area contributed by atoms with Crippen LogP contribution in [-0.2, 0) is 0 Å². The minimum Gasteiger partial charge on any atom is -0.365 e. The molecule has 1 atom stereocenters. The number of hydrogen-bond acceptors (Lipinski definition) is 4. The van der Waals surface area contributed by atoms with Crippen molar-refractivity contribution in [3.63, 3.8) is 0 Å². The number of anilines is 1. The monoisotopic (exact) mass is 323 g/mol. The zero-order valence-corrected chi connectivity index (χ0v) is 12.8. The van der Waals surface area contributed by atoms with E-state index < -0.39 is 11.6 Å². The number of amides is 1. The third kappa shape index (κ3) is 2.68. The molecule has 0 spiro atoms. The van der Waals surface area contributed by atoms with Crippen molar-refractivity contribution >= 4 is 22.4 Å². The van der Waals surface area contributed by atoms with Crippen molar-refractivity contribution in [3.05, 3.63) is 46.5 Å². The summed E-state index contributed by atoms with van der Waals surface area (Å²) in [5.41, 5.74) is 0.628. The molecule has 0 radical (unpaired) electrons. The standard InChI is InChI=1S/C15H15F2N3OS/c1-18-15-19-8-13(22-15)14(21)20-6-2-3-12(20)9-4-5-10(16)11(17)7-9/h4-5,7-8,12H,2-3,6H2,1H3,(H,18,19)/t12-/m1/s1. The Kier molecular flexibility index (Phi) is 4.06. The maximum atomic E-state index is 13.4. The van der Waals surface area contributed by atoms with Gasteiger partial charge in [-0.1, -0.05) is 17.4 Å². The minimum absolute atomic E-state index is 0.119. The highest BCUT2D eigenvalue weighted by Crippen LogP contribution is 2.34. The Hall–Kier alpha value is -2.02. The van der Waals surface area contributed by atoms with Gasteiger partial charge in [-0.3, -0.25) is 4.79 Å². The van der Waals surface area contributed by atoms with Gasteiger partial charge in [-0.2, -0.15) is 0 Å². The van der Waals surface area contributed by atoms with Gasteiger partial charge in [0, 0.05) is 13.6 Å². The smallest absolute Gasteiger partial charge is 0.266 e. The molecule has 0 bridgehead atoms. The van der Waals surface area contributed by atoms with Gasteiger partial charge in [0.25, 0.3) is 5.91 Å². The van der Waals surface area contributed by atoms with E-state index in [1.165, 1.54) is 17.4 Å². The second-order valence-corrected chi connectivity index (χ2v) is 6.14. The van der Waals surface area contributed by atoms with Crippen LogP contribution in [0.4, 0.5) is 13.9 Å². The average molecular weight is 323 g/mol. The van der Waals surface area contributed by atoms with E-state index in [4.69, 9.17) is 0 Å². The second-order valence-electron chi connectivity index (χ2n) is 5.11. The Morgan fingerprint density at radius 2 is 2.23 bits per heavy atom. The lowest BCUT2D eigenvalue weighted by atomic mass is 10.0. The van der Waals surface area contributed by atoms with Gasteiger partial charge >= 0.3 is 0 Å². The van der Waals surface area contributed by atoms with E-state index in [0.29, 0.717) is 22.1 Å². The highest BCUT2D eigenvalue weighted by molar-refractivity contribution is 7.17. The van der Waals surface area contributed by atoms with E-state index in [0.717, 1.165) is 18.9 Å². The maximum Gasteiger partial charge on any atom is 0.266 e. The molecule has 1 saturated heterocycles. The molecule has 0 unspecified atom stereocenters. The molecule has 1 N–H and O–H groups in total. The van der Waals surface area contributed by atoms with Crippen LogP contribution in [-0.4, -0.2) is 29.4 Å². The first kappa shape index (κ1) is 14.9. The number of nitrogens with zero attached hydrogens (tertiary/aromatic N) is 2. The highest BCUT2D eigenvalue weighted by Gasteiger charge is 2.32. The number of carbonyl (C=O) groups excluding carboxylic acids is 1. The number of aromatic nitrogens is 1. The number of benzene rings is 1. The van der Waals surface area contributed by atoms with Gasteiger partial charge in [-0.25, -0.2) is 13.8 Å². The lowest BCUT2D eigenvalue weighted by Gasteiger charge is -2.24. The van der Waals surface area contributed by atoms with E-state index in [-0.39, 0.29) is 11.9 Å². The molecule has 116 valence electrons. The van der Waals surface area contributed by atoms with Gasteiger partial charge in [0.1, 0.15) is 4.88 Å². The summed E-state index contributed by atoms with van der Waals surface area (Å²) in [6.07, 6.45) is 3.13. The molecule has 2 aromatic rings. The number of carbonyl (C=O) groups is 1. The maximum absolute atomic E-state index is 13.4. The number of halogens is 2. The molecule has 2 heterocycles. The van der Waals surface area contributed by atoms with Crippen molar-refractivity contribution < 1.29 is 13.6 Å². The van der Waals surface area contributed by atoms with Crippen molar-refractivity contribution in [3.8, 4) is 0 Å². The van der Waals surface area contributed by atoms with Gasteiger partial charge in [0.15, 0.2) is 16.8 Å². The number of nitrogens with one attached hydrogen (secondary N) is 1. The SMILES string of the molecule is CNc1ncc(C(=O)N2CCC[C@@H]2c2ccc(F)c(F)c2)s1. The van der Waals surface area contributed by atoms with Crippen LogP contribution in [0.5, 0.6) is 0 Å². The molecule has 1 aliphatic heterocycles. The fraction of sp³-hybridized carbons (Fsp3) is 0.333. The summed E-state index contributed by atoms with van der Waals surface area (Å²) >= 11 is 1.28. The fourth-order valence-electron chi connectivity index (χ4n) is 2.71. The molecule has 1 amide bonds. The minimum atomic E-state index is -0.882. The molecule has 22 heavy (non-hydrogen) atoms. The van der Waals surface area contributed by atoms with Crippen LogP contribution in [0.2, 0.25) is 0 Å². The first-order valence-corrected chi connectivity index (χ1v) is 7.81. The summed E-state index contributed by atoms with van der Waals surface area (Å²) in [6, 6.07) is 3.61. The Bertz CT molecular complexity index is 704. The normalized spacial score (nSPS) is 17.8. The van der Waals surface area contributed by atoms with Crippen LogP contribution >= 0.6 is 11.3 Å². The third-order valence-electron chi connectivity index (χ3n) is 3.77. The van der Waals surface area contributed by atoms with Crippen LogP contribution in [0.25, 0.3) is 0 Å². The molecular formula is C15H15F2N3OS. The average Bonchev–Trinajstić information content (AvgIpc) is 3.18. The number of likely N-dealkylation sites (tertiary alicyclic amines) is 1. The summed E-state index contributed by atoms with van der Waals surface area (Å²) in [6.45, 7) is 0.606. The number of thiazole rings is 1. The van der Waals surface area contributed by atoms with Gasteiger partial charge in [0.2, 0.25) is 0 Å². The summed E-state index contributed by atoms with van der Waals surface area (Å²) in [5.74, 6) is -1.88. The molecule has 3 rings (SSSR count). The zero-order valence-electron chi connectivity index (χ0n) is 12.0. The van der Waals surface area contributed by atoms with Crippen molar-refractivity contribution in [1.82, 2.24) is 9.88 Å². The van der Waals surface area contributed by atoms with E-state index in [2.05, 4.69) is 10.3 Å². The summed E-state index contributed by atoms with van der Waals surface area (Å²) in [4.78, 5) is 19.0. The topological polar surface area (TPSA) is 45.2 Å². The van der Waals surface area contributed by atoms with Crippen LogP contribution in [0.15, 0.2) is 24.4 Å². The van der Waals surface area contributed by atoms with Crippen LogP contribution in [0.1, 0.15) is 34.1 Å². The van der Waals surface area contributed by atoms with Crippen LogP contribution in [0, 0.1) is 11.6 Å². The predicted octanol–water partition coefficient (Wildman–Crippen LogP) is 3.44. The van der Waals surface area contributed by atoms with E-state index in [9.17, 15) is 13.6 Å². The lowest BCUT2D eigenvalue weighted by molar-refractivity contribution is 0.0740. The van der Waals surface area contributed by atoms with Gasteiger partial charge in [0.05, 0.1) is 12.2 Å². The van der Waals surface area contributed by atoms with Crippen LogP contribution < -0.4 is 5.32 Å². The first-order valence-electron chi connectivity index (χ1n) is 6.99. The highest BCUT2D eigenvalue weighted by atomic mass is 32.1. The first-order chi connectivity index (χ1) is 10.6. The Labute approximate surface area is 130 Å².